The molecule has 0 radical (unpaired) electrons. The molecule has 0 aromatic rings. The van der Waals surface area contributed by atoms with Gasteiger partial charge in [-0.15, -0.1) is 0 Å². The fourth-order valence-corrected chi connectivity index (χ4v) is 9.47. The molecule has 4 saturated carbocycles. The average Bonchev–Trinajstić information content (AvgIpc) is 3.14. The van der Waals surface area contributed by atoms with E-state index in [4.69, 9.17) is 14.2 Å². The summed E-state index contributed by atoms with van der Waals surface area (Å²) in [4.78, 5) is 35.7. The van der Waals surface area contributed by atoms with Gasteiger partial charge < -0.3 is 19.3 Å². The quantitative estimate of drug-likeness (QED) is 0.407. The molecule has 0 spiro atoms. The van der Waals surface area contributed by atoms with Crippen molar-refractivity contribution in [1.29, 1.82) is 0 Å². The molecule has 0 aromatic carbocycles. The molecule has 0 saturated heterocycles. The molecule has 204 valence electrons. The van der Waals surface area contributed by atoms with Crippen molar-refractivity contribution in [1.82, 2.24) is 0 Å². The maximum atomic E-state index is 12.2. The third kappa shape index (κ3) is 4.58. The predicted molar refractivity (Wildman–Crippen MR) is 134 cm³/mol. The Morgan fingerprint density at radius 1 is 0.944 bits per heavy atom. The number of carbonyl (C=O) groups is 3. The highest BCUT2D eigenvalue weighted by atomic mass is 16.5. The van der Waals surface area contributed by atoms with Crippen LogP contribution in [-0.4, -0.2) is 47.9 Å². The second-order valence-electron chi connectivity index (χ2n) is 12.9. The largest absolute Gasteiger partial charge is 0.469 e. The minimum Gasteiger partial charge on any atom is -0.469 e. The summed E-state index contributed by atoms with van der Waals surface area (Å²) in [5, 5.41) is 12.1. The van der Waals surface area contributed by atoms with Crippen LogP contribution >= 0.6 is 0 Å². The molecule has 4 fully saturated rings. The van der Waals surface area contributed by atoms with Crippen LogP contribution in [0.1, 0.15) is 98.8 Å². The Morgan fingerprint density at radius 2 is 1.64 bits per heavy atom. The van der Waals surface area contributed by atoms with Crippen molar-refractivity contribution in [2.24, 2.45) is 40.4 Å². The highest BCUT2D eigenvalue weighted by Crippen LogP contribution is 2.69. The number of rotatable bonds is 6. The van der Waals surface area contributed by atoms with Crippen molar-refractivity contribution < 1.29 is 33.7 Å². The minimum atomic E-state index is -1.04. The van der Waals surface area contributed by atoms with Gasteiger partial charge in [0.25, 0.3) is 0 Å². The number of ether oxygens (including phenoxy) is 3. The first kappa shape index (κ1) is 27.4. The monoisotopic (exact) mass is 506 g/mol. The van der Waals surface area contributed by atoms with Crippen molar-refractivity contribution in [2.45, 2.75) is 117 Å². The van der Waals surface area contributed by atoms with Crippen LogP contribution in [0.2, 0.25) is 0 Å². The Balaban J connectivity index is 1.61. The van der Waals surface area contributed by atoms with Crippen molar-refractivity contribution in [3.8, 4) is 0 Å². The van der Waals surface area contributed by atoms with E-state index in [1.807, 2.05) is 0 Å². The molecule has 7 heteroatoms. The summed E-state index contributed by atoms with van der Waals surface area (Å²) in [6.45, 7) is 9.80. The molecule has 36 heavy (non-hydrogen) atoms. The number of hydrogen-bond donors (Lipinski definition) is 1. The molecule has 0 unspecified atom stereocenters. The van der Waals surface area contributed by atoms with E-state index in [-0.39, 0.29) is 52.8 Å². The molecular formula is C29H46O7. The lowest BCUT2D eigenvalue weighted by Crippen LogP contribution is -2.67. The van der Waals surface area contributed by atoms with Crippen LogP contribution in [0.4, 0.5) is 0 Å². The van der Waals surface area contributed by atoms with Crippen molar-refractivity contribution >= 4 is 17.9 Å². The fourth-order valence-electron chi connectivity index (χ4n) is 9.47. The van der Waals surface area contributed by atoms with Gasteiger partial charge in [0.05, 0.1) is 12.7 Å². The molecule has 0 aromatic heterocycles. The summed E-state index contributed by atoms with van der Waals surface area (Å²) < 4.78 is 16.4. The molecule has 0 bridgehead atoms. The van der Waals surface area contributed by atoms with E-state index in [1.54, 1.807) is 0 Å². The summed E-state index contributed by atoms with van der Waals surface area (Å²) in [7, 11) is 1.45. The van der Waals surface area contributed by atoms with Crippen LogP contribution in [-0.2, 0) is 28.6 Å². The van der Waals surface area contributed by atoms with Crippen LogP contribution in [0.5, 0.6) is 0 Å². The lowest BCUT2D eigenvalue weighted by molar-refractivity contribution is -0.255. The molecule has 4 aliphatic carbocycles. The first-order valence-corrected chi connectivity index (χ1v) is 14.0. The lowest BCUT2D eigenvalue weighted by atomic mass is 9.42. The fraction of sp³-hybridized carbons (Fsp3) is 0.897. The van der Waals surface area contributed by atoms with E-state index in [0.717, 1.165) is 44.9 Å². The molecule has 10 atom stereocenters. The van der Waals surface area contributed by atoms with Crippen LogP contribution in [0.3, 0.4) is 0 Å². The van der Waals surface area contributed by atoms with Crippen molar-refractivity contribution in [2.75, 3.05) is 7.11 Å². The van der Waals surface area contributed by atoms with Crippen LogP contribution < -0.4 is 0 Å². The van der Waals surface area contributed by atoms with Gasteiger partial charge in [0, 0.05) is 39.0 Å². The molecule has 0 amide bonds. The maximum Gasteiger partial charge on any atom is 0.305 e. The third-order valence-corrected chi connectivity index (χ3v) is 11.2. The van der Waals surface area contributed by atoms with Crippen molar-refractivity contribution in [3.05, 3.63) is 0 Å². The summed E-state index contributed by atoms with van der Waals surface area (Å²) in [5.74, 6) is 1.04. The lowest BCUT2D eigenvalue weighted by Gasteiger charge is -2.65. The van der Waals surface area contributed by atoms with Crippen molar-refractivity contribution in [3.63, 3.8) is 0 Å². The van der Waals surface area contributed by atoms with E-state index >= 15 is 0 Å². The predicted octanol–water partition coefficient (Wildman–Crippen LogP) is 4.82. The number of esters is 3. The Hall–Kier alpha value is -1.63. The number of carbonyl (C=O) groups excluding carboxylic acids is 3. The zero-order valence-corrected chi connectivity index (χ0v) is 23.0. The van der Waals surface area contributed by atoms with E-state index in [9.17, 15) is 19.5 Å². The van der Waals surface area contributed by atoms with E-state index in [2.05, 4.69) is 20.8 Å². The van der Waals surface area contributed by atoms with Gasteiger partial charge in [0.1, 0.15) is 12.2 Å². The van der Waals surface area contributed by atoms with Crippen LogP contribution in [0.15, 0.2) is 0 Å². The Bertz CT molecular complexity index is 872. The van der Waals surface area contributed by atoms with Gasteiger partial charge in [-0.05, 0) is 79.4 Å². The van der Waals surface area contributed by atoms with Gasteiger partial charge >= 0.3 is 17.9 Å². The molecule has 4 rings (SSSR count). The Kier molecular flexibility index (Phi) is 7.55. The smallest absolute Gasteiger partial charge is 0.305 e. The average molecular weight is 507 g/mol. The van der Waals surface area contributed by atoms with Gasteiger partial charge in [-0.2, -0.15) is 0 Å². The number of hydrogen-bond acceptors (Lipinski definition) is 7. The SMILES string of the molecule is COC(=O)CC[C@@H](C)[C@H]1CC[C@H]2[C@@H]3[C@H](OC(C)=O)C[C@]4(O)C[C@H](OC(C)=O)CC[C@]4(C)[C@H]3CC[C@]12C. The third-order valence-electron chi connectivity index (χ3n) is 11.2. The number of methoxy groups -OCH3 is 1. The molecule has 0 heterocycles. The standard InChI is InChI=1S/C29H46O7/c1-17(7-10-25(32)34-6)21-8-9-22-26-23(12-13-27(21,22)4)28(5)14-11-20(35-18(2)30)15-29(28,33)16-24(26)36-19(3)31/h17,20-24,26,33H,7-16H2,1-6H3/t17-,20-,21-,22+,23+,24-,26+,27-,28-,29-/m1/s1. The van der Waals surface area contributed by atoms with E-state index in [1.165, 1.54) is 21.0 Å². The number of fused-ring (bicyclic) bond motifs is 5. The second-order valence-corrected chi connectivity index (χ2v) is 12.9. The summed E-state index contributed by atoms with van der Waals surface area (Å²) >= 11 is 0. The zero-order valence-electron chi connectivity index (χ0n) is 23.0. The normalized spacial score (nSPS) is 44.4. The molecule has 7 nitrogen and oxygen atoms in total. The van der Waals surface area contributed by atoms with Gasteiger partial charge in [-0.25, -0.2) is 0 Å². The minimum absolute atomic E-state index is 0.121. The van der Waals surface area contributed by atoms with Gasteiger partial charge in [0.2, 0.25) is 0 Å². The summed E-state index contributed by atoms with van der Waals surface area (Å²) in [5.41, 5.74) is -1.22. The Labute approximate surface area is 216 Å². The Morgan fingerprint density at radius 3 is 2.28 bits per heavy atom. The highest BCUT2D eigenvalue weighted by Gasteiger charge is 2.68. The topological polar surface area (TPSA) is 99.1 Å². The molecule has 0 aliphatic heterocycles. The van der Waals surface area contributed by atoms with Gasteiger partial charge in [-0.3, -0.25) is 14.4 Å². The molecule has 1 N–H and O–H groups in total. The number of aliphatic hydroxyl groups is 1. The molecular weight excluding hydrogens is 460 g/mol. The first-order valence-electron chi connectivity index (χ1n) is 14.0. The first-order chi connectivity index (χ1) is 16.8. The summed E-state index contributed by atoms with van der Waals surface area (Å²) in [6, 6.07) is 0. The summed E-state index contributed by atoms with van der Waals surface area (Å²) in [6.07, 6.45) is 7.29. The van der Waals surface area contributed by atoms with Crippen LogP contribution in [0, 0.1) is 40.4 Å². The maximum absolute atomic E-state index is 12.2. The van der Waals surface area contributed by atoms with E-state index < -0.39 is 5.60 Å². The molecule has 4 aliphatic rings. The van der Waals surface area contributed by atoms with Gasteiger partial charge in [0.15, 0.2) is 0 Å². The van der Waals surface area contributed by atoms with E-state index in [0.29, 0.717) is 37.0 Å². The zero-order chi connectivity index (χ0) is 26.5. The second kappa shape index (κ2) is 9.92. The van der Waals surface area contributed by atoms with Crippen LogP contribution in [0.25, 0.3) is 0 Å². The highest BCUT2D eigenvalue weighted by molar-refractivity contribution is 5.69. The van der Waals surface area contributed by atoms with Gasteiger partial charge in [-0.1, -0.05) is 20.8 Å².